The molecule has 0 spiro atoms. The summed E-state index contributed by atoms with van der Waals surface area (Å²) in [6, 6.07) is 29.1. The first-order chi connectivity index (χ1) is 13.8. The minimum atomic E-state index is 0.321. The summed E-state index contributed by atoms with van der Waals surface area (Å²) in [5.41, 5.74) is 14.5. The summed E-state index contributed by atoms with van der Waals surface area (Å²) < 4.78 is 5.64. The second-order valence-electron chi connectivity index (χ2n) is 6.27. The fourth-order valence-electron chi connectivity index (χ4n) is 3.25. The lowest BCUT2D eigenvalue weighted by atomic mass is 9.88. The van der Waals surface area contributed by atoms with E-state index in [9.17, 15) is 0 Å². The zero-order chi connectivity index (χ0) is 19.6. The molecule has 3 rings (SSSR count). The zero-order valence-electron chi connectivity index (χ0n) is 16.0. The van der Waals surface area contributed by atoms with Crippen molar-refractivity contribution in [3.8, 4) is 5.75 Å². The Kier molecular flexibility index (Phi) is 6.89. The predicted octanol–water partition coefficient (Wildman–Crippen LogP) is 6.74. The summed E-state index contributed by atoms with van der Waals surface area (Å²) in [7, 11) is 0. The van der Waals surface area contributed by atoms with Gasteiger partial charge in [0.2, 0.25) is 0 Å². The molecule has 0 saturated heterocycles. The summed E-state index contributed by atoms with van der Waals surface area (Å²) in [6.07, 6.45) is 0.929. The van der Waals surface area contributed by atoms with Crippen LogP contribution in [0.1, 0.15) is 30.0 Å². The molecule has 3 aromatic carbocycles. The third-order valence-electron chi connectivity index (χ3n) is 4.51. The Morgan fingerprint density at radius 3 is 1.96 bits per heavy atom. The van der Waals surface area contributed by atoms with Crippen molar-refractivity contribution in [3.05, 3.63) is 112 Å². The van der Waals surface area contributed by atoms with Gasteiger partial charge in [0.15, 0.2) is 0 Å². The van der Waals surface area contributed by atoms with Crippen LogP contribution in [0.2, 0.25) is 0 Å². The molecule has 0 radical (unpaired) electrons. The SMILES string of the molecule is CCC(=C(c1ccccc1)c1ccc(OCCN=[N+]=[N-])cc1)c1ccccc1. The molecule has 28 heavy (non-hydrogen) atoms. The molecule has 0 saturated carbocycles. The number of benzene rings is 3. The first kappa shape index (κ1) is 19.3. The summed E-state index contributed by atoms with van der Waals surface area (Å²) in [5.74, 6) is 0.766. The lowest BCUT2D eigenvalue weighted by Crippen LogP contribution is -2.00. The number of allylic oxidation sites excluding steroid dienone is 1. The first-order valence-corrected chi connectivity index (χ1v) is 9.41. The van der Waals surface area contributed by atoms with Gasteiger partial charge in [-0.25, -0.2) is 0 Å². The summed E-state index contributed by atoms with van der Waals surface area (Å²) in [6.45, 7) is 2.88. The largest absolute Gasteiger partial charge is 0.493 e. The molecule has 4 nitrogen and oxygen atoms in total. The fourth-order valence-corrected chi connectivity index (χ4v) is 3.25. The molecule has 0 aliphatic heterocycles. The van der Waals surface area contributed by atoms with Gasteiger partial charge in [-0.15, -0.1) is 0 Å². The molecule has 0 aliphatic rings. The number of hydrogen-bond acceptors (Lipinski definition) is 2. The lowest BCUT2D eigenvalue weighted by Gasteiger charge is -2.16. The maximum absolute atomic E-state index is 8.34. The Labute approximate surface area is 165 Å². The van der Waals surface area contributed by atoms with E-state index in [1.807, 2.05) is 24.3 Å². The highest BCUT2D eigenvalue weighted by Gasteiger charge is 2.12. The molecule has 0 bridgehead atoms. The number of nitrogens with zero attached hydrogens (tertiary/aromatic N) is 3. The Morgan fingerprint density at radius 2 is 1.39 bits per heavy atom. The standard InChI is InChI=1S/C24H23N3O/c1-2-23(19-9-5-3-6-10-19)24(20-11-7-4-8-12-20)21-13-15-22(16-14-21)28-18-17-26-27-25/h3-16H,2,17-18H2,1H3. The van der Waals surface area contributed by atoms with Gasteiger partial charge in [-0.3, -0.25) is 0 Å². The van der Waals surface area contributed by atoms with Gasteiger partial charge in [0, 0.05) is 4.91 Å². The Balaban J connectivity index is 2.01. The lowest BCUT2D eigenvalue weighted by molar-refractivity contribution is 0.328. The number of ether oxygens (including phenoxy) is 1. The number of azide groups is 1. The van der Waals surface area contributed by atoms with Crippen LogP contribution in [0, 0.1) is 0 Å². The van der Waals surface area contributed by atoms with E-state index in [1.54, 1.807) is 0 Å². The minimum absolute atomic E-state index is 0.321. The molecule has 4 heteroatoms. The topological polar surface area (TPSA) is 58.0 Å². The van der Waals surface area contributed by atoms with Crippen molar-refractivity contribution in [2.75, 3.05) is 13.2 Å². The molecular formula is C24H23N3O. The van der Waals surface area contributed by atoms with E-state index in [0.717, 1.165) is 17.7 Å². The number of hydrogen-bond donors (Lipinski definition) is 0. The van der Waals surface area contributed by atoms with E-state index >= 15 is 0 Å². The van der Waals surface area contributed by atoms with Crippen molar-refractivity contribution in [3.63, 3.8) is 0 Å². The molecular weight excluding hydrogens is 346 g/mol. The second kappa shape index (κ2) is 10.0. The van der Waals surface area contributed by atoms with Crippen LogP contribution in [0.15, 0.2) is 90.0 Å². The van der Waals surface area contributed by atoms with Crippen molar-refractivity contribution < 1.29 is 4.74 Å². The van der Waals surface area contributed by atoms with E-state index in [0.29, 0.717) is 13.2 Å². The van der Waals surface area contributed by atoms with Crippen molar-refractivity contribution in [2.24, 2.45) is 5.11 Å². The van der Waals surface area contributed by atoms with E-state index < -0.39 is 0 Å². The second-order valence-corrected chi connectivity index (χ2v) is 6.27. The third kappa shape index (κ3) is 4.81. The Morgan fingerprint density at radius 1 is 0.821 bits per heavy atom. The average molecular weight is 369 g/mol. The summed E-state index contributed by atoms with van der Waals surface area (Å²) >= 11 is 0. The van der Waals surface area contributed by atoms with Gasteiger partial charge in [-0.1, -0.05) is 84.8 Å². The van der Waals surface area contributed by atoms with Crippen molar-refractivity contribution >= 4 is 11.1 Å². The predicted molar refractivity (Wildman–Crippen MR) is 115 cm³/mol. The maximum atomic E-state index is 8.34. The van der Waals surface area contributed by atoms with Crippen LogP contribution in [0.25, 0.3) is 21.6 Å². The van der Waals surface area contributed by atoms with E-state index in [2.05, 4.69) is 77.6 Å². The van der Waals surface area contributed by atoms with Crippen LogP contribution in [-0.4, -0.2) is 13.2 Å². The van der Waals surface area contributed by atoms with Gasteiger partial charge in [-0.2, -0.15) is 0 Å². The highest BCUT2D eigenvalue weighted by molar-refractivity contribution is 5.98. The van der Waals surface area contributed by atoms with Crippen molar-refractivity contribution in [1.29, 1.82) is 0 Å². The van der Waals surface area contributed by atoms with Gasteiger partial charge in [-0.05, 0) is 51.9 Å². The smallest absolute Gasteiger partial charge is 0.119 e. The van der Waals surface area contributed by atoms with Gasteiger partial charge >= 0.3 is 0 Å². The molecule has 0 fully saturated rings. The quantitative estimate of drug-likeness (QED) is 0.142. The molecule has 0 heterocycles. The Bertz CT molecular complexity index is 958. The summed E-state index contributed by atoms with van der Waals surface area (Å²) in [4.78, 5) is 2.73. The third-order valence-corrected chi connectivity index (χ3v) is 4.51. The van der Waals surface area contributed by atoms with Gasteiger partial charge in [0.1, 0.15) is 5.75 Å². The molecule has 0 N–H and O–H groups in total. The first-order valence-electron chi connectivity index (χ1n) is 9.41. The van der Waals surface area contributed by atoms with E-state index in [1.165, 1.54) is 22.3 Å². The highest BCUT2D eigenvalue weighted by atomic mass is 16.5. The average Bonchev–Trinajstić information content (AvgIpc) is 2.77. The van der Waals surface area contributed by atoms with Gasteiger partial charge < -0.3 is 4.74 Å². The molecule has 0 unspecified atom stereocenters. The van der Waals surface area contributed by atoms with Gasteiger partial charge in [0.25, 0.3) is 0 Å². The monoisotopic (exact) mass is 369 g/mol. The number of rotatable bonds is 8. The molecule has 0 aromatic heterocycles. The molecule has 0 amide bonds. The molecule has 0 atom stereocenters. The van der Waals surface area contributed by atoms with E-state index in [-0.39, 0.29) is 0 Å². The zero-order valence-corrected chi connectivity index (χ0v) is 16.0. The van der Waals surface area contributed by atoms with Crippen molar-refractivity contribution in [2.45, 2.75) is 13.3 Å². The Hall–Kier alpha value is -3.49. The van der Waals surface area contributed by atoms with E-state index in [4.69, 9.17) is 10.3 Å². The molecule has 0 aliphatic carbocycles. The van der Waals surface area contributed by atoms with Gasteiger partial charge in [0.05, 0.1) is 13.2 Å². The van der Waals surface area contributed by atoms with Crippen LogP contribution in [0.4, 0.5) is 0 Å². The van der Waals surface area contributed by atoms with Crippen LogP contribution >= 0.6 is 0 Å². The van der Waals surface area contributed by atoms with Crippen LogP contribution in [0.5, 0.6) is 5.75 Å². The van der Waals surface area contributed by atoms with Crippen molar-refractivity contribution in [1.82, 2.24) is 0 Å². The highest BCUT2D eigenvalue weighted by Crippen LogP contribution is 2.34. The normalized spacial score (nSPS) is 11.3. The van der Waals surface area contributed by atoms with Crippen LogP contribution in [0.3, 0.4) is 0 Å². The molecule has 3 aromatic rings. The maximum Gasteiger partial charge on any atom is 0.119 e. The fraction of sp³-hybridized carbons (Fsp3) is 0.167. The van der Waals surface area contributed by atoms with Crippen LogP contribution in [-0.2, 0) is 0 Å². The molecule has 140 valence electrons. The summed E-state index contributed by atoms with van der Waals surface area (Å²) in [5, 5.41) is 3.49. The van der Waals surface area contributed by atoms with Crippen LogP contribution < -0.4 is 4.74 Å². The minimum Gasteiger partial charge on any atom is -0.493 e.